The van der Waals surface area contributed by atoms with Gasteiger partial charge in [0.15, 0.2) is 11.6 Å². The van der Waals surface area contributed by atoms with Crippen LogP contribution in [0.4, 0.5) is 10.6 Å². The molecule has 2 aromatic carbocycles. The maximum atomic E-state index is 11.7. The first-order chi connectivity index (χ1) is 15.4. The third-order valence-electron chi connectivity index (χ3n) is 4.83. The molecule has 0 radical (unpaired) electrons. The fourth-order valence-electron chi connectivity index (χ4n) is 3.44. The molecule has 0 unspecified atom stereocenters. The van der Waals surface area contributed by atoms with Gasteiger partial charge in [0.2, 0.25) is 5.65 Å². The molecule has 0 bridgehead atoms. The van der Waals surface area contributed by atoms with Gasteiger partial charge in [0.25, 0.3) is 0 Å². The monoisotopic (exact) mass is 432 g/mol. The number of carbonyl (C=O) groups excluding carboxylic acids is 1. The SMILES string of the molecule is CC(C)(C)OC(=O)NCCCCNc1nc2ccccc2n2c(-c3ccccc3)nnc12. The van der Waals surface area contributed by atoms with E-state index in [2.05, 4.69) is 20.8 Å². The smallest absolute Gasteiger partial charge is 0.407 e. The highest BCUT2D eigenvalue weighted by Crippen LogP contribution is 2.26. The minimum absolute atomic E-state index is 0.389. The highest BCUT2D eigenvalue weighted by atomic mass is 16.6. The minimum Gasteiger partial charge on any atom is -0.444 e. The van der Waals surface area contributed by atoms with Crippen LogP contribution < -0.4 is 10.6 Å². The summed E-state index contributed by atoms with van der Waals surface area (Å²) in [6, 6.07) is 18.0. The van der Waals surface area contributed by atoms with Crippen LogP contribution in [0.15, 0.2) is 54.6 Å². The first kappa shape index (κ1) is 21.5. The summed E-state index contributed by atoms with van der Waals surface area (Å²) in [5.41, 5.74) is 3.02. The number of hydrogen-bond acceptors (Lipinski definition) is 6. The summed E-state index contributed by atoms with van der Waals surface area (Å²) < 4.78 is 7.29. The second-order valence-corrected chi connectivity index (χ2v) is 8.56. The number of alkyl carbamates (subject to hydrolysis) is 1. The molecule has 0 aliphatic rings. The summed E-state index contributed by atoms with van der Waals surface area (Å²) >= 11 is 0. The number of carbonyl (C=O) groups is 1. The Kier molecular flexibility index (Phi) is 6.20. The van der Waals surface area contributed by atoms with Crippen molar-refractivity contribution >= 4 is 28.6 Å². The Hall–Kier alpha value is -3.68. The average molecular weight is 433 g/mol. The van der Waals surface area contributed by atoms with Crippen molar-refractivity contribution < 1.29 is 9.53 Å². The maximum absolute atomic E-state index is 11.7. The summed E-state index contributed by atoms with van der Waals surface area (Å²) in [6.45, 7) is 6.80. The fourth-order valence-corrected chi connectivity index (χ4v) is 3.44. The molecule has 0 aliphatic carbocycles. The molecule has 32 heavy (non-hydrogen) atoms. The van der Waals surface area contributed by atoms with E-state index in [-0.39, 0.29) is 6.09 Å². The summed E-state index contributed by atoms with van der Waals surface area (Å²) in [5.74, 6) is 1.47. The van der Waals surface area contributed by atoms with Crippen molar-refractivity contribution in [3.05, 3.63) is 54.6 Å². The van der Waals surface area contributed by atoms with E-state index in [1.54, 1.807) is 0 Å². The van der Waals surface area contributed by atoms with Crippen molar-refractivity contribution in [3.8, 4) is 11.4 Å². The maximum Gasteiger partial charge on any atom is 0.407 e. The third kappa shape index (κ3) is 4.96. The van der Waals surface area contributed by atoms with Gasteiger partial charge in [-0.05, 0) is 45.7 Å². The molecule has 8 nitrogen and oxygen atoms in total. The van der Waals surface area contributed by atoms with Crippen LogP contribution in [0.2, 0.25) is 0 Å². The fraction of sp³-hybridized carbons (Fsp3) is 0.333. The van der Waals surface area contributed by atoms with Gasteiger partial charge in [0, 0.05) is 18.7 Å². The Morgan fingerprint density at radius 3 is 2.47 bits per heavy atom. The largest absolute Gasteiger partial charge is 0.444 e. The van der Waals surface area contributed by atoms with Crippen molar-refractivity contribution in [3.63, 3.8) is 0 Å². The van der Waals surface area contributed by atoms with Crippen molar-refractivity contribution in [1.29, 1.82) is 0 Å². The van der Waals surface area contributed by atoms with Crippen LogP contribution >= 0.6 is 0 Å². The number of nitrogens with one attached hydrogen (secondary N) is 2. The average Bonchev–Trinajstić information content (AvgIpc) is 3.21. The van der Waals surface area contributed by atoms with Crippen LogP contribution in [-0.2, 0) is 4.74 Å². The molecule has 2 aromatic heterocycles. The van der Waals surface area contributed by atoms with E-state index in [0.717, 1.165) is 35.3 Å². The topological polar surface area (TPSA) is 93.4 Å². The van der Waals surface area contributed by atoms with E-state index in [9.17, 15) is 4.79 Å². The number of benzene rings is 2. The molecule has 1 amide bonds. The first-order valence-corrected chi connectivity index (χ1v) is 10.8. The molecule has 0 fully saturated rings. The van der Waals surface area contributed by atoms with Gasteiger partial charge in [-0.1, -0.05) is 42.5 Å². The van der Waals surface area contributed by atoms with Crippen molar-refractivity contribution in [2.24, 2.45) is 0 Å². The van der Waals surface area contributed by atoms with Crippen molar-refractivity contribution in [2.45, 2.75) is 39.2 Å². The zero-order valence-corrected chi connectivity index (χ0v) is 18.6. The van der Waals surface area contributed by atoms with Crippen LogP contribution in [-0.4, -0.2) is 44.4 Å². The van der Waals surface area contributed by atoms with Gasteiger partial charge in [-0.15, -0.1) is 10.2 Å². The van der Waals surface area contributed by atoms with Gasteiger partial charge in [-0.2, -0.15) is 0 Å². The lowest BCUT2D eigenvalue weighted by Crippen LogP contribution is -2.33. The molecule has 0 atom stereocenters. The number of anilines is 1. The van der Waals surface area contributed by atoms with Crippen LogP contribution in [0.25, 0.3) is 28.1 Å². The third-order valence-corrected chi connectivity index (χ3v) is 4.83. The summed E-state index contributed by atoms with van der Waals surface area (Å²) in [4.78, 5) is 16.5. The number of hydrogen-bond donors (Lipinski definition) is 2. The molecule has 0 saturated carbocycles. The number of nitrogens with zero attached hydrogens (tertiary/aromatic N) is 4. The van der Waals surface area contributed by atoms with Crippen LogP contribution in [0.5, 0.6) is 0 Å². The van der Waals surface area contributed by atoms with Crippen molar-refractivity contribution in [2.75, 3.05) is 18.4 Å². The molecule has 2 heterocycles. The molecule has 0 spiro atoms. The quantitative estimate of drug-likeness (QED) is 0.413. The molecule has 4 aromatic rings. The van der Waals surface area contributed by atoms with Gasteiger partial charge >= 0.3 is 6.09 Å². The Labute approximate surface area is 187 Å². The molecular weight excluding hydrogens is 404 g/mol. The van der Waals surface area contributed by atoms with Crippen LogP contribution in [0.1, 0.15) is 33.6 Å². The Morgan fingerprint density at radius 1 is 0.969 bits per heavy atom. The lowest BCUT2D eigenvalue weighted by Gasteiger charge is -2.19. The van der Waals surface area contributed by atoms with E-state index in [1.165, 1.54) is 0 Å². The predicted molar refractivity (Wildman–Crippen MR) is 126 cm³/mol. The second kappa shape index (κ2) is 9.21. The highest BCUT2D eigenvalue weighted by molar-refractivity contribution is 5.85. The van der Waals surface area contributed by atoms with Gasteiger partial charge in [-0.25, -0.2) is 9.78 Å². The van der Waals surface area contributed by atoms with Gasteiger partial charge in [0.1, 0.15) is 5.60 Å². The Bertz CT molecular complexity index is 1210. The van der Waals surface area contributed by atoms with Crippen LogP contribution in [0.3, 0.4) is 0 Å². The Balaban J connectivity index is 1.46. The van der Waals surface area contributed by atoms with Gasteiger partial charge in [0.05, 0.1) is 11.0 Å². The lowest BCUT2D eigenvalue weighted by atomic mass is 10.2. The normalized spacial score (nSPS) is 11.6. The molecule has 0 saturated heterocycles. The molecule has 0 aliphatic heterocycles. The van der Waals surface area contributed by atoms with Gasteiger partial charge < -0.3 is 15.4 Å². The zero-order chi connectivity index (χ0) is 22.6. The minimum atomic E-state index is -0.490. The number of unbranched alkanes of at least 4 members (excludes halogenated alkanes) is 1. The first-order valence-electron chi connectivity index (χ1n) is 10.8. The predicted octanol–water partition coefficient (Wildman–Crippen LogP) is 4.66. The second-order valence-electron chi connectivity index (χ2n) is 8.56. The van der Waals surface area contributed by atoms with Gasteiger partial charge in [-0.3, -0.25) is 4.40 Å². The summed E-state index contributed by atoms with van der Waals surface area (Å²) in [5, 5.41) is 15.1. The molecular formula is C24H28N6O2. The lowest BCUT2D eigenvalue weighted by molar-refractivity contribution is 0.0527. The zero-order valence-electron chi connectivity index (χ0n) is 18.6. The molecule has 2 N–H and O–H groups in total. The standard InChI is InChI=1S/C24H28N6O2/c1-24(2,3)32-23(31)26-16-10-9-15-25-20-22-29-28-21(17-11-5-4-6-12-17)30(22)19-14-8-7-13-18(19)27-20/h4-8,11-14H,9-10,15-16H2,1-3H3,(H,25,27)(H,26,31). The van der Waals surface area contributed by atoms with Crippen molar-refractivity contribution in [1.82, 2.24) is 24.9 Å². The number of amides is 1. The number of para-hydroxylation sites is 2. The summed E-state index contributed by atoms with van der Waals surface area (Å²) in [6.07, 6.45) is 1.29. The van der Waals surface area contributed by atoms with Crippen LogP contribution in [0, 0.1) is 0 Å². The van der Waals surface area contributed by atoms with E-state index < -0.39 is 5.60 Å². The molecule has 4 rings (SSSR count). The van der Waals surface area contributed by atoms with E-state index in [4.69, 9.17) is 9.72 Å². The number of fused-ring (bicyclic) bond motifs is 3. The highest BCUT2D eigenvalue weighted by Gasteiger charge is 2.17. The number of ether oxygens (including phenoxy) is 1. The van der Waals surface area contributed by atoms with E-state index in [0.29, 0.717) is 24.6 Å². The molecule has 8 heteroatoms. The summed E-state index contributed by atoms with van der Waals surface area (Å²) in [7, 11) is 0. The number of aromatic nitrogens is 4. The molecule has 166 valence electrons. The Morgan fingerprint density at radius 2 is 1.69 bits per heavy atom. The number of rotatable bonds is 7. The van der Waals surface area contributed by atoms with E-state index in [1.807, 2.05) is 79.8 Å². The van der Waals surface area contributed by atoms with E-state index >= 15 is 0 Å².